The molecule has 74 valence electrons. The molecule has 0 atom stereocenters. The van der Waals surface area contributed by atoms with Crippen molar-refractivity contribution in [3.05, 3.63) is 29.8 Å². The minimum absolute atomic E-state index is 0. The van der Waals surface area contributed by atoms with E-state index in [1.807, 2.05) is 38.1 Å². The summed E-state index contributed by atoms with van der Waals surface area (Å²) in [5.41, 5.74) is 6.59. The van der Waals surface area contributed by atoms with Gasteiger partial charge in [0.25, 0.3) is 0 Å². The van der Waals surface area contributed by atoms with Gasteiger partial charge in [-0.1, -0.05) is 12.1 Å². The summed E-state index contributed by atoms with van der Waals surface area (Å²) in [5, 5.41) is 0. The fourth-order valence-electron chi connectivity index (χ4n) is 0.976. The first-order valence-electron chi connectivity index (χ1n) is 4.18. The summed E-state index contributed by atoms with van der Waals surface area (Å²) in [4.78, 5) is 0. The molecular weight excluding hydrogens is 186 g/mol. The van der Waals surface area contributed by atoms with Crippen LogP contribution in [0, 0.1) is 0 Å². The van der Waals surface area contributed by atoms with Gasteiger partial charge in [0.1, 0.15) is 5.75 Å². The van der Waals surface area contributed by atoms with Crippen LogP contribution in [0.3, 0.4) is 0 Å². The molecule has 2 N–H and O–H groups in total. The molecule has 0 aromatic heterocycles. The first kappa shape index (κ1) is 12.3. The molecule has 0 unspecified atom stereocenters. The Morgan fingerprint density at radius 1 is 1.23 bits per heavy atom. The predicted molar refractivity (Wildman–Crippen MR) is 57.3 cm³/mol. The van der Waals surface area contributed by atoms with Crippen molar-refractivity contribution in [3.8, 4) is 5.75 Å². The molecule has 0 heterocycles. The maximum absolute atomic E-state index is 5.47. The first-order valence-corrected chi connectivity index (χ1v) is 4.18. The fourth-order valence-corrected chi connectivity index (χ4v) is 0.976. The van der Waals surface area contributed by atoms with Crippen LogP contribution in [0.5, 0.6) is 5.75 Å². The largest absolute Gasteiger partial charge is 0.491 e. The topological polar surface area (TPSA) is 35.2 Å². The zero-order chi connectivity index (χ0) is 8.97. The lowest BCUT2D eigenvalue weighted by molar-refractivity contribution is 0.242. The first-order chi connectivity index (χ1) is 5.72. The van der Waals surface area contributed by atoms with E-state index in [2.05, 4.69) is 0 Å². The van der Waals surface area contributed by atoms with Gasteiger partial charge < -0.3 is 10.5 Å². The summed E-state index contributed by atoms with van der Waals surface area (Å²) in [7, 11) is 0. The highest BCUT2D eigenvalue weighted by Crippen LogP contribution is 2.13. The van der Waals surface area contributed by atoms with Gasteiger partial charge in [-0.25, -0.2) is 0 Å². The van der Waals surface area contributed by atoms with E-state index in [4.69, 9.17) is 10.5 Å². The van der Waals surface area contributed by atoms with Crippen LogP contribution in [0.4, 0.5) is 0 Å². The Bertz CT molecular complexity index is 233. The molecule has 0 fully saturated rings. The van der Waals surface area contributed by atoms with Gasteiger partial charge in [0.05, 0.1) is 6.10 Å². The highest BCUT2D eigenvalue weighted by Gasteiger charge is 1.96. The van der Waals surface area contributed by atoms with Gasteiger partial charge in [0.2, 0.25) is 0 Å². The maximum Gasteiger partial charge on any atom is 0.119 e. The lowest BCUT2D eigenvalue weighted by Crippen LogP contribution is -2.05. The van der Waals surface area contributed by atoms with Gasteiger partial charge in [-0.2, -0.15) is 0 Å². The summed E-state index contributed by atoms with van der Waals surface area (Å²) in [6, 6.07) is 7.86. The maximum atomic E-state index is 5.47. The van der Waals surface area contributed by atoms with Gasteiger partial charge >= 0.3 is 0 Å². The Balaban J connectivity index is 0.00000144. The molecule has 3 heteroatoms. The van der Waals surface area contributed by atoms with E-state index < -0.39 is 0 Å². The van der Waals surface area contributed by atoms with Crippen LogP contribution in [0.25, 0.3) is 0 Å². The van der Waals surface area contributed by atoms with Crippen LogP contribution in [0.1, 0.15) is 19.4 Å². The monoisotopic (exact) mass is 201 g/mol. The molecule has 1 aromatic carbocycles. The van der Waals surface area contributed by atoms with Crippen molar-refractivity contribution < 1.29 is 4.74 Å². The second-order valence-corrected chi connectivity index (χ2v) is 3.01. The highest BCUT2D eigenvalue weighted by molar-refractivity contribution is 5.85. The van der Waals surface area contributed by atoms with Gasteiger partial charge in [-0.05, 0) is 31.5 Å². The van der Waals surface area contributed by atoms with Gasteiger partial charge in [-0.3, -0.25) is 0 Å². The summed E-state index contributed by atoms with van der Waals surface area (Å²) in [6.07, 6.45) is 0.230. The third-order valence-corrected chi connectivity index (χ3v) is 1.53. The third-order valence-electron chi connectivity index (χ3n) is 1.53. The molecule has 13 heavy (non-hydrogen) atoms. The van der Waals surface area contributed by atoms with Crippen molar-refractivity contribution in [1.82, 2.24) is 0 Å². The fraction of sp³-hybridized carbons (Fsp3) is 0.400. The lowest BCUT2D eigenvalue weighted by Gasteiger charge is -2.09. The van der Waals surface area contributed by atoms with Crippen molar-refractivity contribution in [1.29, 1.82) is 0 Å². The van der Waals surface area contributed by atoms with Crippen LogP contribution in [-0.2, 0) is 6.54 Å². The van der Waals surface area contributed by atoms with E-state index in [1.165, 1.54) is 0 Å². The molecule has 0 aliphatic rings. The molecule has 0 amide bonds. The molecule has 0 aliphatic carbocycles. The van der Waals surface area contributed by atoms with Gasteiger partial charge in [0.15, 0.2) is 0 Å². The van der Waals surface area contributed by atoms with Crippen LogP contribution in [-0.4, -0.2) is 6.10 Å². The zero-order valence-corrected chi connectivity index (χ0v) is 8.80. The van der Waals surface area contributed by atoms with Crippen LogP contribution >= 0.6 is 12.4 Å². The molecule has 0 aliphatic heterocycles. The second-order valence-electron chi connectivity index (χ2n) is 3.01. The number of ether oxygens (including phenoxy) is 1. The standard InChI is InChI=1S/C10H15NO.ClH/c1-8(2)12-10-5-3-9(7-11)4-6-10;/h3-6,8H,7,11H2,1-2H3;1H. The van der Waals surface area contributed by atoms with Crippen molar-refractivity contribution in [3.63, 3.8) is 0 Å². The summed E-state index contributed by atoms with van der Waals surface area (Å²) < 4.78 is 5.47. The summed E-state index contributed by atoms with van der Waals surface area (Å²) in [5.74, 6) is 0.905. The minimum Gasteiger partial charge on any atom is -0.491 e. The second kappa shape index (κ2) is 5.84. The lowest BCUT2D eigenvalue weighted by atomic mass is 10.2. The van der Waals surface area contributed by atoms with Crippen molar-refractivity contribution in [2.24, 2.45) is 5.73 Å². The molecule has 0 radical (unpaired) electrons. The van der Waals surface area contributed by atoms with E-state index in [0.29, 0.717) is 6.54 Å². The molecule has 0 saturated heterocycles. The van der Waals surface area contributed by atoms with E-state index in [0.717, 1.165) is 11.3 Å². The van der Waals surface area contributed by atoms with Crippen LogP contribution < -0.4 is 10.5 Å². The molecular formula is C10H16ClNO. The van der Waals surface area contributed by atoms with Crippen molar-refractivity contribution >= 4 is 12.4 Å². The Hall–Kier alpha value is -0.730. The van der Waals surface area contributed by atoms with E-state index in [1.54, 1.807) is 0 Å². The minimum atomic E-state index is 0. The smallest absolute Gasteiger partial charge is 0.119 e. The van der Waals surface area contributed by atoms with E-state index in [9.17, 15) is 0 Å². The normalized spacial score (nSPS) is 9.54. The van der Waals surface area contributed by atoms with E-state index >= 15 is 0 Å². The molecule has 0 bridgehead atoms. The molecule has 1 rings (SSSR count). The third kappa shape index (κ3) is 4.15. The highest BCUT2D eigenvalue weighted by atomic mass is 35.5. The number of hydrogen-bond acceptors (Lipinski definition) is 2. The number of hydrogen-bond donors (Lipinski definition) is 1. The van der Waals surface area contributed by atoms with Crippen LogP contribution in [0.2, 0.25) is 0 Å². The Morgan fingerprint density at radius 2 is 1.77 bits per heavy atom. The quantitative estimate of drug-likeness (QED) is 0.815. The van der Waals surface area contributed by atoms with E-state index in [-0.39, 0.29) is 18.5 Å². The summed E-state index contributed by atoms with van der Waals surface area (Å²) in [6.45, 7) is 4.61. The number of halogens is 1. The summed E-state index contributed by atoms with van der Waals surface area (Å²) >= 11 is 0. The number of rotatable bonds is 3. The molecule has 2 nitrogen and oxygen atoms in total. The van der Waals surface area contributed by atoms with Crippen LogP contribution in [0.15, 0.2) is 24.3 Å². The SMILES string of the molecule is CC(C)Oc1ccc(CN)cc1.Cl. The zero-order valence-electron chi connectivity index (χ0n) is 7.99. The molecule has 0 spiro atoms. The Labute approximate surface area is 85.5 Å². The number of benzene rings is 1. The molecule has 0 saturated carbocycles. The Kier molecular flexibility index (Phi) is 5.51. The molecule has 1 aromatic rings. The van der Waals surface area contributed by atoms with Crippen molar-refractivity contribution in [2.75, 3.05) is 0 Å². The average Bonchev–Trinajstić information content (AvgIpc) is 2.05. The number of nitrogens with two attached hydrogens (primary N) is 1. The average molecular weight is 202 g/mol. The van der Waals surface area contributed by atoms with Gasteiger partial charge in [0, 0.05) is 6.54 Å². The van der Waals surface area contributed by atoms with Gasteiger partial charge in [-0.15, -0.1) is 12.4 Å². The van der Waals surface area contributed by atoms with Crippen molar-refractivity contribution in [2.45, 2.75) is 26.5 Å². The predicted octanol–water partition coefficient (Wildman–Crippen LogP) is 2.35. The Morgan fingerprint density at radius 3 is 2.15 bits per heavy atom.